The van der Waals surface area contributed by atoms with Gasteiger partial charge in [0.2, 0.25) is 0 Å². The van der Waals surface area contributed by atoms with Crippen molar-refractivity contribution in [1.82, 2.24) is 20.0 Å². The van der Waals surface area contributed by atoms with Crippen LogP contribution in [0.1, 0.15) is 39.5 Å². The number of sulfonamides is 2. The molecule has 1 N–H and O–H groups in total. The summed E-state index contributed by atoms with van der Waals surface area (Å²) in [7, 11) is 7.40. The molecule has 0 saturated heterocycles. The molecule has 0 aliphatic rings. The zero-order chi connectivity index (χ0) is 36.9. The Kier molecular flexibility index (Phi) is 24.7. The molecule has 0 aromatic rings. The van der Waals surface area contributed by atoms with Crippen molar-refractivity contribution in [2.75, 3.05) is 108 Å². The van der Waals surface area contributed by atoms with E-state index < -0.39 is 45.5 Å². The van der Waals surface area contributed by atoms with Crippen LogP contribution < -0.4 is 5.32 Å². The first-order chi connectivity index (χ1) is 20.7. The fraction of sp³-hybridized carbons (Fsp3) is 0.923. The van der Waals surface area contributed by atoms with E-state index in [1.54, 1.807) is 0 Å². The molecule has 0 aromatic carbocycles. The van der Waals surface area contributed by atoms with Crippen LogP contribution in [0, 0.1) is 0 Å². The maximum Gasteiger partial charge on any atom is 0.371 e. The summed E-state index contributed by atoms with van der Waals surface area (Å²) in [5, 5.41) is 5.60. The molecule has 0 fully saturated rings. The summed E-state index contributed by atoms with van der Waals surface area (Å²) in [6.07, 6.45) is -2.96. The average molecular weight is 723 g/mol. The lowest BCUT2D eigenvalue weighted by molar-refractivity contribution is -0.476. The van der Waals surface area contributed by atoms with E-state index in [4.69, 9.17) is 0 Å². The first-order valence-corrected chi connectivity index (χ1v) is 18.2. The molecule has 0 spiro atoms. The maximum atomic E-state index is 11.2. The molecule has 0 saturated carbocycles. The zero-order valence-electron chi connectivity index (χ0n) is 29.1. The summed E-state index contributed by atoms with van der Waals surface area (Å²) < 4.78 is 114. The van der Waals surface area contributed by atoms with Gasteiger partial charge in [-0.2, -0.15) is 26.3 Å². The van der Waals surface area contributed by atoms with Gasteiger partial charge in [0, 0.05) is 12.5 Å². The van der Waals surface area contributed by atoms with E-state index in [9.17, 15) is 43.2 Å². The first-order valence-electron chi connectivity index (χ1n) is 14.5. The number of hydrogen-bond donors (Lipinski definition) is 1. The number of hydrogen-bond acceptors (Lipinski definition) is 5. The Morgan fingerprint density at radius 2 is 1.11 bits per heavy atom. The van der Waals surface area contributed by atoms with Crippen molar-refractivity contribution in [1.29, 1.82) is 0 Å². The lowest BCUT2D eigenvalue weighted by Crippen LogP contribution is -2.51. The van der Waals surface area contributed by atoms with Crippen molar-refractivity contribution in [2.45, 2.75) is 51.9 Å². The SMILES string of the molecule is CCCCN(CCN(CCCC)C(N(C)C)=[N+](C)C)C(CNC)=[N+](C)C.CS(=O)(=O)[N-]S(C)(=O)=O.FC(F)(F)C[N-]CC(F)(F)F. The number of halogens is 6. The minimum atomic E-state index is -4.65. The van der Waals surface area contributed by atoms with Crippen LogP contribution in [-0.2, 0) is 20.0 Å². The van der Waals surface area contributed by atoms with Crippen LogP contribution in [0.15, 0.2) is 0 Å². The van der Waals surface area contributed by atoms with Crippen LogP contribution >= 0.6 is 0 Å². The van der Waals surface area contributed by atoms with Crippen LogP contribution in [0.5, 0.6) is 0 Å². The Balaban J connectivity index is -0.000000753. The van der Waals surface area contributed by atoms with Crippen molar-refractivity contribution in [3.63, 3.8) is 0 Å². The van der Waals surface area contributed by atoms with Gasteiger partial charge in [-0.3, -0.25) is 23.9 Å². The Bertz CT molecular complexity index is 1060. The van der Waals surface area contributed by atoms with Gasteiger partial charge >= 0.3 is 18.3 Å². The second-order valence-electron chi connectivity index (χ2n) is 10.9. The number of alkyl halides is 6. The Labute approximate surface area is 273 Å². The highest BCUT2D eigenvalue weighted by Crippen LogP contribution is 2.22. The largest absolute Gasteiger partial charge is 0.648 e. The summed E-state index contributed by atoms with van der Waals surface area (Å²) in [4.78, 5) is 7.33. The molecule has 12 nitrogen and oxygen atoms in total. The topological polar surface area (TPSA) is 124 Å². The first kappa shape index (κ1) is 48.5. The van der Waals surface area contributed by atoms with E-state index in [0.717, 1.165) is 32.7 Å². The third-order valence-corrected chi connectivity index (χ3v) is 7.52. The fourth-order valence-electron chi connectivity index (χ4n) is 3.85. The van der Waals surface area contributed by atoms with Gasteiger partial charge in [0.1, 0.15) is 13.1 Å². The minimum absolute atomic E-state index is 0.716. The van der Waals surface area contributed by atoms with Crippen molar-refractivity contribution in [3.8, 4) is 0 Å². The molecule has 0 radical (unpaired) electrons. The Hall–Kier alpha value is -1.90. The average Bonchev–Trinajstić information content (AvgIpc) is 2.82. The van der Waals surface area contributed by atoms with E-state index in [0.29, 0.717) is 12.5 Å². The van der Waals surface area contributed by atoms with Gasteiger partial charge in [-0.25, -0.2) is 16.8 Å². The summed E-state index contributed by atoms with van der Waals surface area (Å²) in [5.41, 5.74) is 0. The Morgan fingerprint density at radius 3 is 1.37 bits per heavy atom. The number of guanidine groups is 1. The van der Waals surface area contributed by atoms with Gasteiger partial charge in [-0.1, -0.05) is 39.8 Å². The Morgan fingerprint density at radius 1 is 0.717 bits per heavy atom. The lowest BCUT2D eigenvalue weighted by atomic mass is 10.2. The normalized spacial score (nSPS) is 11.8. The second-order valence-corrected chi connectivity index (χ2v) is 14.5. The molecule has 0 aliphatic carbocycles. The second kappa shape index (κ2) is 23.4. The van der Waals surface area contributed by atoms with E-state index >= 15 is 0 Å². The zero-order valence-corrected chi connectivity index (χ0v) is 30.8. The van der Waals surface area contributed by atoms with Gasteiger partial charge in [0.05, 0.1) is 82.0 Å². The van der Waals surface area contributed by atoms with Gasteiger partial charge in [-0.15, -0.1) is 0 Å². The maximum absolute atomic E-state index is 11.2. The minimum Gasteiger partial charge on any atom is -0.648 e. The third kappa shape index (κ3) is 30.7. The molecule has 0 atom stereocenters. The molecule has 20 heteroatoms. The summed E-state index contributed by atoms with van der Waals surface area (Å²) >= 11 is 0. The number of rotatable bonds is 15. The van der Waals surface area contributed by atoms with Crippen LogP contribution in [0.3, 0.4) is 0 Å². The smallest absolute Gasteiger partial charge is 0.371 e. The lowest BCUT2D eigenvalue weighted by Gasteiger charge is -2.27. The van der Waals surface area contributed by atoms with Gasteiger partial charge < -0.3 is 14.8 Å². The molecule has 0 unspecified atom stereocenters. The van der Waals surface area contributed by atoms with Crippen molar-refractivity contribution >= 4 is 31.8 Å². The van der Waals surface area contributed by atoms with Crippen LogP contribution in [0.4, 0.5) is 26.3 Å². The molecule has 46 heavy (non-hydrogen) atoms. The fourth-order valence-corrected chi connectivity index (χ4v) is 5.82. The highest BCUT2D eigenvalue weighted by Gasteiger charge is 2.27. The third-order valence-electron chi connectivity index (χ3n) is 5.35. The number of unbranched alkanes of at least 4 members (excludes halogenated alkanes) is 2. The summed E-state index contributed by atoms with van der Waals surface area (Å²) in [6, 6.07) is 0. The summed E-state index contributed by atoms with van der Waals surface area (Å²) in [5.74, 6) is 2.65. The van der Waals surface area contributed by atoms with Crippen LogP contribution in [-0.4, -0.2) is 172 Å². The molecule has 0 heterocycles. The van der Waals surface area contributed by atoms with Crippen molar-refractivity contribution in [2.24, 2.45) is 0 Å². The molecule has 0 aliphatic heterocycles. The van der Waals surface area contributed by atoms with E-state index in [1.807, 2.05) is 7.05 Å². The molecule has 0 amide bonds. The highest BCUT2D eigenvalue weighted by molar-refractivity contribution is 8.11. The highest BCUT2D eigenvalue weighted by atomic mass is 32.3. The molecule has 0 aromatic heterocycles. The summed E-state index contributed by atoms with van der Waals surface area (Å²) in [6.45, 7) is 6.26. The van der Waals surface area contributed by atoms with Gasteiger partial charge in [-0.05, 0) is 19.9 Å². The standard InChI is InChI=1S/C20H46N6.C4H4F6N.C2H6NO4S2/c1-10-12-14-25(19(18-21-3)22(4)5)16-17-26(15-13-11-2)20(23(6)7)24(8)9;5-3(6,7)1-11-2-4(8,9)10;1-8(4,5)3-9(2,6)7/h21H,10-18H2,1-9H3;1-2H2;1-2H3/q+2;2*-1. The van der Waals surface area contributed by atoms with Gasteiger partial charge in [0.25, 0.3) is 5.84 Å². The van der Waals surface area contributed by atoms with Crippen LogP contribution in [0.25, 0.3) is 9.44 Å². The van der Waals surface area contributed by atoms with E-state index in [1.165, 1.54) is 37.5 Å². The van der Waals surface area contributed by atoms with E-state index in [-0.39, 0.29) is 0 Å². The quantitative estimate of drug-likeness (QED) is 0.119. The number of nitrogens with zero attached hydrogens (tertiary/aromatic N) is 7. The number of nitrogens with one attached hydrogen (secondary N) is 1. The number of amidine groups is 1. The van der Waals surface area contributed by atoms with Crippen molar-refractivity contribution < 1.29 is 52.3 Å². The molecule has 278 valence electrons. The molecule has 0 bridgehead atoms. The molecular weight excluding hydrogens is 666 g/mol. The predicted octanol–water partition coefficient (Wildman–Crippen LogP) is 3.03. The molecule has 0 rings (SSSR count). The van der Waals surface area contributed by atoms with Crippen molar-refractivity contribution in [3.05, 3.63) is 9.44 Å². The van der Waals surface area contributed by atoms with E-state index in [2.05, 4.69) is 94.7 Å². The number of likely N-dealkylation sites (N-methyl/N-ethyl adjacent to an activating group) is 1. The monoisotopic (exact) mass is 722 g/mol. The molecular formula is C26H56F6N8O4S2. The predicted molar refractivity (Wildman–Crippen MR) is 173 cm³/mol. The van der Waals surface area contributed by atoms with Crippen LogP contribution in [0.2, 0.25) is 0 Å². The van der Waals surface area contributed by atoms with Gasteiger partial charge in [0.15, 0.2) is 0 Å².